The van der Waals surface area contributed by atoms with Crippen LogP contribution in [0.2, 0.25) is 0 Å². The molecule has 2 heteroatoms. The molecule has 0 saturated carbocycles. The normalized spacial score (nSPS) is 22.5. The standard InChI is InChI=1S/C22H21NO/c1-15-11-12-20-18(14-15)21(17-8-4-3-5-9-17)16(2)22(24-20)19-10-6-7-13-23-19/h3-14,16,21-22H,1-2H3/t16-,21+,22-/m0/s1. The highest BCUT2D eigenvalue weighted by Gasteiger charge is 2.37. The fraction of sp³-hybridized carbons (Fsp3) is 0.227. The molecule has 120 valence electrons. The molecule has 1 aliphatic heterocycles. The minimum atomic E-state index is -0.0355. The zero-order valence-corrected chi connectivity index (χ0v) is 14.0. The first kappa shape index (κ1) is 14.9. The number of ether oxygens (including phenoxy) is 1. The molecule has 0 aliphatic carbocycles. The first-order valence-electron chi connectivity index (χ1n) is 8.47. The average Bonchev–Trinajstić information content (AvgIpc) is 2.63. The van der Waals surface area contributed by atoms with Gasteiger partial charge in [-0.15, -0.1) is 0 Å². The van der Waals surface area contributed by atoms with Crippen LogP contribution in [-0.2, 0) is 0 Å². The van der Waals surface area contributed by atoms with E-state index in [1.165, 1.54) is 16.7 Å². The summed E-state index contributed by atoms with van der Waals surface area (Å²) in [5.41, 5.74) is 4.88. The fourth-order valence-corrected chi connectivity index (χ4v) is 3.74. The van der Waals surface area contributed by atoms with Gasteiger partial charge in [-0.3, -0.25) is 4.98 Å². The molecule has 4 rings (SSSR count). The van der Waals surface area contributed by atoms with Gasteiger partial charge in [-0.1, -0.05) is 61.0 Å². The van der Waals surface area contributed by atoms with Crippen molar-refractivity contribution >= 4 is 0 Å². The van der Waals surface area contributed by atoms with Gasteiger partial charge in [0.1, 0.15) is 11.9 Å². The Morgan fingerprint density at radius 3 is 2.46 bits per heavy atom. The van der Waals surface area contributed by atoms with Crippen LogP contribution in [0.25, 0.3) is 0 Å². The molecule has 0 bridgehead atoms. The Morgan fingerprint density at radius 2 is 1.71 bits per heavy atom. The molecule has 1 aromatic heterocycles. The van der Waals surface area contributed by atoms with Crippen molar-refractivity contribution in [2.45, 2.75) is 25.9 Å². The molecule has 0 N–H and O–H groups in total. The lowest BCUT2D eigenvalue weighted by Crippen LogP contribution is -2.29. The van der Waals surface area contributed by atoms with E-state index in [1.807, 2.05) is 18.3 Å². The summed E-state index contributed by atoms with van der Waals surface area (Å²) in [6.45, 7) is 4.40. The molecule has 0 radical (unpaired) electrons. The van der Waals surface area contributed by atoms with Crippen molar-refractivity contribution in [1.82, 2.24) is 4.98 Å². The van der Waals surface area contributed by atoms with Crippen LogP contribution >= 0.6 is 0 Å². The first-order chi connectivity index (χ1) is 11.7. The second-order valence-corrected chi connectivity index (χ2v) is 6.58. The molecule has 0 saturated heterocycles. The molecule has 3 atom stereocenters. The molecule has 3 aromatic rings. The maximum Gasteiger partial charge on any atom is 0.144 e. The summed E-state index contributed by atoms with van der Waals surface area (Å²) in [6.07, 6.45) is 1.81. The van der Waals surface area contributed by atoms with E-state index in [9.17, 15) is 0 Å². The summed E-state index contributed by atoms with van der Waals surface area (Å²) in [7, 11) is 0. The number of pyridine rings is 1. The number of hydrogen-bond donors (Lipinski definition) is 0. The zero-order valence-electron chi connectivity index (χ0n) is 14.0. The number of aryl methyl sites for hydroxylation is 1. The molecule has 0 unspecified atom stereocenters. The van der Waals surface area contributed by atoms with Crippen LogP contribution in [0.1, 0.15) is 41.3 Å². The van der Waals surface area contributed by atoms with Crippen molar-refractivity contribution in [2.75, 3.05) is 0 Å². The van der Waals surface area contributed by atoms with Gasteiger partial charge in [0.15, 0.2) is 0 Å². The van der Waals surface area contributed by atoms with Gasteiger partial charge in [0.2, 0.25) is 0 Å². The second kappa shape index (κ2) is 6.12. The number of benzene rings is 2. The first-order valence-corrected chi connectivity index (χ1v) is 8.47. The Labute approximate surface area is 143 Å². The largest absolute Gasteiger partial charge is 0.484 e. The topological polar surface area (TPSA) is 22.1 Å². The second-order valence-electron chi connectivity index (χ2n) is 6.58. The maximum absolute atomic E-state index is 6.37. The third-order valence-electron chi connectivity index (χ3n) is 4.90. The Morgan fingerprint density at radius 1 is 0.917 bits per heavy atom. The van der Waals surface area contributed by atoms with Crippen LogP contribution in [0.5, 0.6) is 5.75 Å². The average molecular weight is 315 g/mol. The number of fused-ring (bicyclic) bond motifs is 1. The third kappa shape index (κ3) is 2.58. The SMILES string of the molecule is Cc1ccc2c(c1)[C@@H](c1ccccc1)[C@H](C)[C@@H](c1ccccn1)O2. The quantitative estimate of drug-likeness (QED) is 0.641. The van der Waals surface area contributed by atoms with Crippen LogP contribution in [-0.4, -0.2) is 4.98 Å². The summed E-state index contributed by atoms with van der Waals surface area (Å²) in [6, 6.07) is 23.2. The van der Waals surface area contributed by atoms with E-state index < -0.39 is 0 Å². The van der Waals surface area contributed by atoms with E-state index in [-0.39, 0.29) is 6.10 Å². The Bertz CT molecular complexity index is 829. The molecule has 2 aromatic carbocycles. The predicted octanol–water partition coefficient (Wildman–Crippen LogP) is 5.29. The number of rotatable bonds is 2. The summed E-state index contributed by atoms with van der Waals surface area (Å²) < 4.78 is 6.37. The highest BCUT2D eigenvalue weighted by Crippen LogP contribution is 2.48. The minimum absolute atomic E-state index is 0.0355. The van der Waals surface area contributed by atoms with E-state index in [4.69, 9.17) is 4.74 Å². The van der Waals surface area contributed by atoms with Gasteiger partial charge >= 0.3 is 0 Å². The summed E-state index contributed by atoms with van der Waals surface area (Å²) >= 11 is 0. The van der Waals surface area contributed by atoms with E-state index in [2.05, 4.69) is 73.4 Å². The van der Waals surface area contributed by atoms with Crippen LogP contribution in [0.4, 0.5) is 0 Å². The Hall–Kier alpha value is -2.61. The Kier molecular flexibility index (Phi) is 3.81. The van der Waals surface area contributed by atoms with E-state index in [0.717, 1.165) is 11.4 Å². The van der Waals surface area contributed by atoms with Gasteiger partial charge in [0, 0.05) is 23.6 Å². The zero-order chi connectivity index (χ0) is 16.5. The van der Waals surface area contributed by atoms with Crippen molar-refractivity contribution in [3.8, 4) is 5.75 Å². The van der Waals surface area contributed by atoms with E-state index in [0.29, 0.717) is 11.8 Å². The van der Waals surface area contributed by atoms with Gasteiger partial charge in [0.05, 0.1) is 5.69 Å². The smallest absolute Gasteiger partial charge is 0.144 e. The van der Waals surface area contributed by atoms with Gasteiger partial charge in [-0.25, -0.2) is 0 Å². The van der Waals surface area contributed by atoms with Crippen LogP contribution < -0.4 is 4.74 Å². The van der Waals surface area contributed by atoms with Crippen molar-refractivity contribution in [3.63, 3.8) is 0 Å². The highest BCUT2D eigenvalue weighted by molar-refractivity contribution is 5.47. The van der Waals surface area contributed by atoms with Crippen molar-refractivity contribution in [3.05, 3.63) is 95.3 Å². The summed E-state index contributed by atoms with van der Waals surface area (Å²) in [5.74, 6) is 1.58. The van der Waals surface area contributed by atoms with Crippen LogP contribution in [0.15, 0.2) is 72.9 Å². The lowest BCUT2D eigenvalue weighted by atomic mass is 9.75. The maximum atomic E-state index is 6.37. The van der Waals surface area contributed by atoms with Gasteiger partial charge in [-0.05, 0) is 30.7 Å². The summed E-state index contributed by atoms with van der Waals surface area (Å²) in [5, 5.41) is 0. The van der Waals surface area contributed by atoms with Crippen LogP contribution in [0.3, 0.4) is 0 Å². The molecule has 2 nitrogen and oxygen atoms in total. The molecule has 0 amide bonds. The lowest BCUT2D eigenvalue weighted by Gasteiger charge is -2.38. The third-order valence-corrected chi connectivity index (χ3v) is 4.90. The molecular formula is C22H21NO. The molecule has 24 heavy (non-hydrogen) atoms. The van der Waals surface area contributed by atoms with E-state index in [1.54, 1.807) is 0 Å². The summed E-state index contributed by atoms with van der Waals surface area (Å²) in [4.78, 5) is 4.55. The van der Waals surface area contributed by atoms with Gasteiger partial charge in [0.25, 0.3) is 0 Å². The molecular weight excluding hydrogens is 294 g/mol. The highest BCUT2D eigenvalue weighted by atomic mass is 16.5. The molecule has 0 fully saturated rings. The van der Waals surface area contributed by atoms with Crippen molar-refractivity contribution in [1.29, 1.82) is 0 Å². The molecule has 0 spiro atoms. The monoisotopic (exact) mass is 315 g/mol. The number of nitrogens with zero attached hydrogens (tertiary/aromatic N) is 1. The number of aromatic nitrogens is 1. The van der Waals surface area contributed by atoms with Crippen LogP contribution in [0, 0.1) is 12.8 Å². The van der Waals surface area contributed by atoms with Gasteiger partial charge in [-0.2, -0.15) is 0 Å². The molecule has 2 heterocycles. The van der Waals surface area contributed by atoms with Gasteiger partial charge < -0.3 is 4.74 Å². The van der Waals surface area contributed by atoms with Crippen molar-refractivity contribution in [2.24, 2.45) is 5.92 Å². The fourth-order valence-electron chi connectivity index (χ4n) is 3.74. The molecule has 1 aliphatic rings. The number of hydrogen-bond acceptors (Lipinski definition) is 2. The minimum Gasteiger partial charge on any atom is -0.484 e. The Balaban J connectivity index is 1.85. The van der Waals surface area contributed by atoms with E-state index >= 15 is 0 Å². The predicted molar refractivity (Wildman–Crippen MR) is 96.2 cm³/mol. The lowest BCUT2D eigenvalue weighted by molar-refractivity contribution is 0.107. The van der Waals surface area contributed by atoms with Crippen molar-refractivity contribution < 1.29 is 4.74 Å².